The van der Waals surface area contributed by atoms with Crippen molar-refractivity contribution in [3.8, 4) is 51.4 Å². The molecule has 67 heavy (non-hydrogen) atoms. The van der Waals surface area contributed by atoms with E-state index >= 15 is 0 Å². The van der Waals surface area contributed by atoms with Crippen molar-refractivity contribution in [3.63, 3.8) is 0 Å². The average molecular weight is 955 g/mol. The summed E-state index contributed by atoms with van der Waals surface area (Å²) in [5.74, 6) is -3.88. The number of aliphatic hydroxyl groups is 1. The number of carboxylic acids is 1. The first-order valence-electron chi connectivity index (χ1n) is 20.6. The second kappa shape index (κ2) is 22.8. The Morgan fingerprint density at radius 2 is 1.55 bits per heavy atom. The van der Waals surface area contributed by atoms with Gasteiger partial charge in [0.05, 0.1) is 59.3 Å². The zero-order valence-corrected chi connectivity index (χ0v) is 38.8. The molecule has 6 rings (SSSR count). The number of carbonyl (C=O) groups is 4. The van der Waals surface area contributed by atoms with Gasteiger partial charge in [0.2, 0.25) is 17.6 Å². The Balaban J connectivity index is 1.74. The lowest BCUT2D eigenvalue weighted by molar-refractivity contribution is -0.145. The molecular formula is C46H55ClN4O16. The van der Waals surface area contributed by atoms with Gasteiger partial charge in [-0.3, -0.25) is 9.59 Å². The molecule has 0 saturated carbocycles. The number of rotatable bonds is 16. The van der Waals surface area contributed by atoms with Crippen LogP contribution in [0.25, 0.3) is 11.1 Å². The number of phenolic OH excluding ortho intramolecular Hbond substituents is 1. The predicted molar refractivity (Wildman–Crippen MR) is 241 cm³/mol. The van der Waals surface area contributed by atoms with E-state index in [1.165, 1.54) is 78.0 Å². The highest BCUT2D eigenvalue weighted by atomic mass is 35.5. The molecule has 0 unspecified atom stereocenters. The highest BCUT2D eigenvalue weighted by Gasteiger charge is 2.37. The van der Waals surface area contributed by atoms with Crippen molar-refractivity contribution in [2.75, 3.05) is 62.2 Å². The van der Waals surface area contributed by atoms with Gasteiger partial charge in [0.15, 0.2) is 17.5 Å². The number of ether oxygens (including phenoxy) is 9. The summed E-state index contributed by atoms with van der Waals surface area (Å²) in [6.45, 7) is 5.29. The van der Waals surface area contributed by atoms with Gasteiger partial charge in [-0.05, 0) is 85.5 Å². The average Bonchev–Trinajstić information content (AvgIpc) is 3.28. The first-order valence-corrected chi connectivity index (χ1v) is 21.0. The van der Waals surface area contributed by atoms with Crippen LogP contribution >= 0.6 is 11.6 Å². The summed E-state index contributed by atoms with van der Waals surface area (Å²) in [7, 11) is 7.07. The summed E-state index contributed by atoms with van der Waals surface area (Å²) >= 11 is 6.59. The lowest BCUT2D eigenvalue weighted by Crippen LogP contribution is -2.51. The smallest absolute Gasteiger partial charge is 0.408 e. The van der Waals surface area contributed by atoms with E-state index in [4.69, 9.17) is 60.0 Å². The molecule has 20 nitrogen and oxygen atoms in total. The van der Waals surface area contributed by atoms with Crippen molar-refractivity contribution in [1.29, 1.82) is 0 Å². The Morgan fingerprint density at radius 1 is 0.836 bits per heavy atom. The lowest BCUT2D eigenvalue weighted by Gasteiger charge is -2.28. The number of nitrogens with one attached hydrogen (secondary N) is 3. The zero-order valence-electron chi connectivity index (χ0n) is 38.1. The number of nitrogens with two attached hydrogens (primary N) is 1. The van der Waals surface area contributed by atoms with Crippen molar-refractivity contribution in [3.05, 3.63) is 87.9 Å². The summed E-state index contributed by atoms with van der Waals surface area (Å²) < 4.78 is 50.4. The molecule has 3 amide bonds. The van der Waals surface area contributed by atoms with Crippen molar-refractivity contribution >= 4 is 35.5 Å². The van der Waals surface area contributed by atoms with Crippen LogP contribution < -0.4 is 45.4 Å². The maximum Gasteiger partial charge on any atom is 0.408 e. The van der Waals surface area contributed by atoms with Gasteiger partial charge in [-0.1, -0.05) is 23.7 Å². The number of halogens is 1. The molecule has 5 atom stereocenters. The second-order valence-electron chi connectivity index (χ2n) is 15.9. The topological polar surface area (TPSA) is 274 Å². The monoisotopic (exact) mass is 954 g/mol. The first-order chi connectivity index (χ1) is 31.8. The Hall–Kier alpha value is -6.55. The van der Waals surface area contributed by atoms with Crippen molar-refractivity contribution in [2.24, 2.45) is 5.73 Å². The number of carbonyl (C=O) groups excluding carboxylic acids is 3. The highest BCUT2D eigenvalue weighted by Crippen LogP contribution is 2.46. The molecule has 0 spiro atoms. The quantitative estimate of drug-likeness (QED) is 0.0560. The molecule has 21 heteroatoms. The molecule has 0 fully saturated rings. The van der Waals surface area contributed by atoms with Gasteiger partial charge in [0, 0.05) is 24.3 Å². The second-order valence-corrected chi connectivity index (χ2v) is 16.3. The third kappa shape index (κ3) is 12.7. The maximum atomic E-state index is 14.8. The number of alkyl carbamates (subject to hydrolysis) is 1. The van der Waals surface area contributed by atoms with Crippen LogP contribution in [0.1, 0.15) is 67.3 Å². The summed E-state index contributed by atoms with van der Waals surface area (Å²) in [4.78, 5) is 55.8. The van der Waals surface area contributed by atoms with E-state index < -0.39 is 65.5 Å². The third-order valence-corrected chi connectivity index (χ3v) is 10.4. The predicted octanol–water partition coefficient (Wildman–Crippen LogP) is 5.22. The fraction of sp³-hybridized carbons (Fsp3) is 0.391. The molecule has 0 aliphatic carbocycles. The van der Waals surface area contributed by atoms with Crippen molar-refractivity contribution in [1.82, 2.24) is 16.0 Å². The molecule has 2 heterocycles. The molecule has 0 aromatic heterocycles. The minimum Gasteiger partial charge on any atom is -0.504 e. The van der Waals surface area contributed by atoms with Crippen molar-refractivity contribution in [2.45, 2.75) is 56.6 Å². The standard InChI is InChI=1S/C46H55ClN4O16/c1-46(2,3)67-45(58)51-38-25-17-31(52)41(63-8)35(18-25)66-33-12-10-24(16-29(33)47)40(53)39(44(56)57)50-42(54)37(49-43(38)55)23-9-11-32(61-6)28(15-23)36-27(19-26(60-5)20-34(36)62-7)30(48)21-65-22-64-14-13-59-4/h9-12,15-20,30,37-40,52-53H,13-14,21-22,48H2,1-8H3,(H,49,55)(H,50,54)(H,51,58)(H,56,57)/t30-,37-,38-,39+,40-/m1/s1. The summed E-state index contributed by atoms with van der Waals surface area (Å²) in [5.41, 5.74) is 6.72. The fourth-order valence-electron chi connectivity index (χ4n) is 7.01. The van der Waals surface area contributed by atoms with E-state index in [0.29, 0.717) is 23.5 Å². The number of hydrogen-bond acceptors (Lipinski definition) is 16. The van der Waals surface area contributed by atoms with Gasteiger partial charge >= 0.3 is 12.1 Å². The highest BCUT2D eigenvalue weighted by molar-refractivity contribution is 6.32. The van der Waals surface area contributed by atoms with Crippen LogP contribution in [0.4, 0.5) is 4.79 Å². The molecule has 2 aliphatic heterocycles. The normalized spacial score (nSPS) is 17.9. The largest absolute Gasteiger partial charge is 0.504 e. The van der Waals surface area contributed by atoms with Crippen molar-refractivity contribution < 1.29 is 77.1 Å². The van der Waals surface area contributed by atoms with Crippen LogP contribution in [-0.2, 0) is 33.3 Å². The zero-order chi connectivity index (χ0) is 49.2. The molecule has 0 radical (unpaired) electrons. The summed E-state index contributed by atoms with van der Waals surface area (Å²) in [6.07, 6.45) is -2.98. The maximum absolute atomic E-state index is 14.8. The van der Waals surface area contributed by atoms with Gasteiger partial charge in [-0.25, -0.2) is 9.59 Å². The third-order valence-electron chi connectivity index (χ3n) is 10.1. The molecule has 4 aromatic carbocycles. The number of benzene rings is 4. The Kier molecular flexibility index (Phi) is 17.5. The van der Waals surface area contributed by atoms with Crippen LogP contribution in [0.2, 0.25) is 5.02 Å². The van der Waals surface area contributed by atoms with E-state index in [-0.39, 0.29) is 76.0 Å². The molecule has 4 aromatic rings. The molecule has 0 saturated heterocycles. The van der Waals surface area contributed by atoms with Gasteiger partial charge < -0.3 is 79.6 Å². The molecule has 2 aliphatic rings. The van der Waals surface area contributed by atoms with Crippen LogP contribution in [0.15, 0.2) is 60.7 Å². The van der Waals surface area contributed by atoms with E-state index in [2.05, 4.69) is 16.0 Å². The Bertz CT molecular complexity index is 2430. The number of phenols is 1. The first kappa shape index (κ1) is 51.4. The summed E-state index contributed by atoms with van der Waals surface area (Å²) in [6, 6.07) is 7.56. The minimum atomic E-state index is -2.02. The van der Waals surface area contributed by atoms with E-state index in [0.717, 1.165) is 6.07 Å². The van der Waals surface area contributed by atoms with Gasteiger partial charge in [-0.15, -0.1) is 0 Å². The van der Waals surface area contributed by atoms with Gasteiger partial charge in [0.1, 0.15) is 53.6 Å². The van der Waals surface area contributed by atoms with E-state index in [1.807, 2.05) is 0 Å². The number of methoxy groups -OCH3 is 5. The van der Waals surface area contributed by atoms with E-state index in [1.54, 1.807) is 32.9 Å². The van der Waals surface area contributed by atoms with Crippen LogP contribution in [0, 0.1) is 0 Å². The number of hydrogen-bond donors (Lipinski definition) is 7. The van der Waals surface area contributed by atoms with Crippen LogP contribution in [-0.4, -0.2) is 113 Å². The lowest BCUT2D eigenvalue weighted by atomic mass is 9.90. The number of amides is 3. The van der Waals surface area contributed by atoms with Gasteiger partial charge in [0.25, 0.3) is 0 Å². The number of aromatic hydroxyl groups is 1. The number of fused-ring (bicyclic) bond motifs is 9. The fourth-order valence-corrected chi connectivity index (χ4v) is 7.24. The molecule has 8 N–H and O–H groups in total. The van der Waals surface area contributed by atoms with Gasteiger partial charge in [-0.2, -0.15) is 0 Å². The molecule has 362 valence electrons. The number of aliphatic hydroxyl groups excluding tert-OH is 1. The Morgan fingerprint density at radius 3 is 2.18 bits per heavy atom. The van der Waals surface area contributed by atoms with E-state index in [9.17, 15) is 34.5 Å². The van der Waals surface area contributed by atoms with Crippen LogP contribution in [0.5, 0.6) is 40.2 Å². The summed E-state index contributed by atoms with van der Waals surface area (Å²) in [5, 5.41) is 40.5. The minimum absolute atomic E-state index is 0.0318. The number of aliphatic carboxylic acids is 1. The van der Waals surface area contributed by atoms with Crippen LogP contribution in [0.3, 0.4) is 0 Å². The SMILES string of the molecule is COCCOCOC[C@@H](N)c1cc(OC)cc(OC)c1-c1cc([C@H]2NC(=O)[C@H](NC(=O)OC(C)(C)C)c3cc(O)c(OC)c(c3)Oc3ccc(cc3Cl)[C@@H](O)[C@@H](C(=O)O)NC2=O)ccc1OC. The number of carboxylic acid groups (broad SMARTS) is 1. The molecular weight excluding hydrogens is 900 g/mol. The Labute approximate surface area is 391 Å². The molecule has 4 bridgehead atoms.